The van der Waals surface area contributed by atoms with Crippen LogP contribution in [0.1, 0.15) is 11.1 Å². The lowest BCUT2D eigenvalue weighted by atomic mass is 10.1. The predicted octanol–water partition coefficient (Wildman–Crippen LogP) is 2.30. The van der Waals surface area contributed by atoms with Gasteiger partial charge in [-0.15, -0.1) is 0 Å². The van der Waals surface area contributed by atoms with E-state index in [1.54, 1.807) is 37.6 Å². The minimum absolute atomic E-state index is 0.0106. The Morgan fingerprint density at radius 3 is 2.65 bits per heavy atom. The van der Waals surface area contributed by atoms with Crippen LogP contribution in [0, 0.1) is 0 Å². The second-order valence-electron chi connectivity index (χ2n) is 4.17. The molecule has 5 nitrogen and oxygen atoms in total. The van der Waals surface area contributed by atoms with Crippen LogP contribution in [-0.2, 0) is 17.8 Å². The number of methoxy groups -OCH3 is 1. The molecule has 0 saturated carbocycles. The summed E-state index contributed by atoms with van der Waals surface area (Å²) in [5.41, 5.74) is 1.59. The van der Waals surface area contributed by atoms with Gasteiger partial charge in [0.15, 0.2) is 0 Å². The van der Waals surface area contributed by atoms with Crippen LogP contribution in [0.15, 0.2) is 42.6 Å². The minimum atomic E-state index is -0.848. The summed E-state index contributed by atoms with van der Waals surface area (Å²) in [6.07, 6.45) is 1.67. The topological polar surface area (TPSA) is 68.7 Å². The first kappa shape index (κ1) is 13.9. The van der Waals surface area contributed by atoms with Crippen LogP contribution in [0.2, 0.25) is 0 Å². The molecule has 104 valence electrons. The molecule has 0 spiro atoms. The van der Waals surface area contributed by atoms with Crippen LogP contribution in [0.3, 0.4) is 0 Å². The summed E-state index contributed by atoms with van der Waals surface area (Å²) in [5, 5.41) is 8.69. The first-order valence-electron chi connectivity index (χ1n) is 6.10. The summed E-state index contributed by atoms with van der Waals surface area (Å²) in [6.45, 7) is 0.343. The van der Waals surface area contributed by atoms with E-state index >= 15 is 0 Å². The summed E-state index contributed by atoms with van der Waals surface area (Å²) in [6, 6.07) is 10.7. The second-order valence-corrected chi connectivity index (χ2v) is 4.17. The number of carbonyl (C=O) groups is 1. The van der Waals surface area contributed by atoms with Gasteiger partial charge < -0.3 is 14.6 Å². The molecule has 2 rings (SSSR count). The Kier molecular flexibility index (Phi) is 4.55. The SMILES string of the molecule is COc1ncccc1COc1ccc(CC(=O)O)cc1. The Morgan fingerprint density at radius 1 is 1.25 bits per heavy atom. The predicted molar refractivity (Wildman–Crippen MR) is 72.9 cm³/mol. The molecule has 0 radical (unpaired) electrons. The zero-order chi connectivity index (χ0) is 14.4. The molecule has 0 bridgehead atoms. The smallest absolute Gasteiger partial charge is 0.307 e. The van der Waals surface area contributed by atoms with Gasteiger partial charge in [-0.1, -0.05) is 12.1 Å². The molecule has 0 unspecified atom stereocenters. The highest BCUT2D eigenvalue weighted by Gasteiger charge is 2.05. The standard InChI is InChI=1S/C15H15NO4/c1-19-15-12(3-2-8-16-15)10-20-13-6-4-11(5-7-13)9-14(17)18/h2-8H,9-10H2,1H3,(H,17,18). The van der Waals surface area contributed by atoms with E-state index < -0.39 is 5.97 Å². The summed E-state index contributed by atoms with van der Waals surface area (Å²) in [4.78, 5) is 14.7. The van der Waals surface area contributed by atoms with Gasteiger partial charge in [0.2, 0.25) is 5.88 Å². The molecule has 0 aliphatic rings. The molecule has 5 heteroatoms. The molecule has 1 N–H and O–H groups in total. The zero-order valence-electron chi connectivity index (χ0n) is 11.1. The molecule has 20 heavy (non-hydrogen) atoms. The van der Waals surface area contributed by atoms with Crippen LogP contribution in [0.25, 0.3) is 0 Å². The molecule has 0 saturated heterocycles. The van der Waals surface area contributed by atoms with Crippen LogP contribution in [0.5, 0.6) is 11.6 Å². The quantitative estimate of drug-likeness (QED) is 0.874. The van der Waals surface area contributed by atoms with E-state index in [0.29, 0.717) is 18.2 Å². The average molecular weight is 273 g/mol. The van der Waals surface area contributed by atoms with Crippen LogP contribution < -0.4 is 9.47 Å². The molecule has 0 atom stereocenters. The van der Waals surface area contributed by atoms with E-state index in [0.717, 1.165) is 11.1 Å². The van der Waals surface area contributed by atoms with Crippen molar-refractivity contribution < 1.29 is 19.4 Å². The molecule has 0 aliphatic heterocycles. The van der Waals surface area contributed by atoms with Gasteiger partial charge in [0, 0.05) is 6.20 Å². The van der Waals surface area contributed by atoms with Crippen LogP contribution in [-0.4, -0.2) is 23.2 Å². The highest BCUT2D eigenvalue weighted by Crippen LogP contribution is 2.18. The normalized spacial score (nSPS) is 10.1. The van der Waals surface area contributed by atoms with Crippen molar-refractivity contribution in [3.63, 3.8) is 0 Å². The van der Waals surface area contributed by atoms with Gasteiger partial charge in [-0.25, -0.2) is 4.98 Å². The molecule has 0 fully saturated rings. The van der Waals surface area contributed by atoms with Gasteiger partial charge in [-0.3, -0.25) is 4.79 Å². The number of carboxylic acid groups (broad SMARTS) is 1. The fraction of sp³-hybridized carbons (Fsp3) is 0.200. The van der Waals surface area contributed by atoms with E-state index in [2.05, 4.69) is 4.98 Å². The van der Waals surface area contributed by atoms with E-state index in [4.69, 9.17) is 14.6 Å². The van der Waals surface area contributed by atoms with E-state index in [1.807, 2.05) is 12.1 Å². The highest BCUT2D eigenvalue weighted by molar-refractivity contribution is 5.70. The number of hydrogen-bond donors (Lipinski definition) is 1. The zero-order valence-corrected chi connectivity index (χ0v) is 11.1. The lowest BCUT2D eigenvalue weighted by Crippen LogP contribution is -2.01. The number of hydrogen-bond acceptors (Lipinski definition) is 4. The lowest BCUT2D eigenvalue weighted by Gasteiger charge is -2.09. The first-order chi connectivity index (χ1) is 9.69. The van der Waals surface area contributed by atoms with Crippen molar-refractivity contribution in [2.45, 2.75) is 13.0 Å². The third-order valence-electron chi connectivity index (χ3n) is 2.72. The largest absolute Gasteiger partial charge is 0.489 e. The van der Waals surface area contributed by atoms with Gasteiger partial charge in [0.25, 0.3) is 0 Å². The van der Waals surface area contributed by atoms with Crippen LogP contribution >= 0.6 is 0 Å². The molecule has 2 aromatic rings. The number of rotatable bonds is 6. The third kappa shape index (κ3) is 3.71. The molecule has 0 amide bonds. The third-order valence-corrected chi connectivity index (χ3v) is 2.72. The number of ether oxygens (including phenoxy) is 2. The van der Waals surface area contributed by atoms with Crippen molar-refractivity contribution in [2.75, 3.05) is 7.11 Å². The number of aromatic nitrogens is 1. The maximum absolute atomic E-state index is 10.6. The molecular formula is C15H15NO4. The summed E-state index contributed by atoms with van der Waals surface area (Å²) in [5.74, 6) is 0.360. The van der Waals surface area contributed by atoms with Crippen molar-refractivity contribution in [2.24, 2.45) is 0 Å². The Morgan fingerprint density at radius 2 is 2.00 bits per heavy atom. The molecule has 1 aromatic carbocycles. The van der Waals surface area contributed by atoms with Crippen LogP contribution in [0.4, 0.5) is 0 Å². The minimum Gasteiger partial charge on any atom is -0.489 e. The average Bonchev–Trinajstić information content (AvgIpc) is 2.46. The Bertz CT molecular complexity index is 581. The Balaban J connectivity index is 1.98. The van der Waals surface area contributed by atoms with E-state index in [1.165, 1.54) is 0 Å². The van der Waals surface area contributed by atoms with E-state index in [9.17, 15) is 4.79 Å². The van der Waals surface area contributed by atoms with E-state index in [-0.39, 0.29) is 6.42 Å². The molecule has 1 aromatic heterocycles. The fourth-order valence-electron chi connectivity index (χ4n) is 1.76. The summed E-state index contributed by atoms with van der Waals surface area (Å²) >= 11 is 0. The lowest BCUT2D eigenvalue weighted by molar-refractivity contribution is -0.136. The molecule has 1 heterocycles. The van der Waals surface area contributed by atoms with Gasteiger partial charge in [0.05, 0.1) is 19.1 Å². The first-order valence-corrected chi connectivity index (χ1v) is 6.10. The maximum Gasteiger partial charge on any atom is 0.307 e. The van der Waals surface area contributed by atoms with Gasteiger partial charge in [-0.05, 0) is 29.8 Å². The van der Waals surface area contributed by atoms with Crippen molar-refractivity contribution in [3.05, 3.63) is 53.7 Å². The number of nitrogens with zero attached hydrogens (tertiary/aromatic N) is 1. The number of aliphatic carboxylic acids is 1. The second kappa shape index (κ2) is 6.56. The summed E-state index contributed by atoms with van der Waals surface area (Å²) in [7, 11) is 1.56. The van der Waals surface area contributed by atoms with Crippen molar-refractivity contribution in [1.82, 2.24) is 4.98 Å². The van der Waals surface area contributed by atoms with Crippen molar-refractivity contribution in [3.8, 4) is 11.6 Å². The Hall–Kier alpha value is -2.56. The van der Waals surface area contributed by atoms with Crippen molar-refractivity contribution in [1.29, 1.82) is 0 Å². The Labute approximate surface area is 116 Å². The highest BCUT2D eigenvalue weighted by atomic mass is 16.5. The number of benzene rings is 1. The monoisotopic (exact) mass is 273 g/mol. The maximum atomic E-state index is 10.6. The van der Waals surface area contributed by atoms with Gasteiger partial charge in [-0.2, -0.15) is 0 Å². The van der Waals surface area contributed by atoms with Gasteiger partial charge >= 0.3 is 5.97 Å². The van der Waals surface area contributed by atoms with Crippen molar-refractivity contribution >= 4 is 5.97 Å². The fourth-order valence-corrected chi connectivity index (χ4v) is 1.76. The summed E-state index contributed by atoms with van der Waals surface area (Å²) < 4.78 is 10.8. The number of pyridine rings is 1. The molecular weight excluding hydrogens is 258 g/mol. The number of carboxylic acids is 1. The molecule has 0 aliphatic carbocycles. The van der Waals surface area contributed by atoms with Gasteiger partial charge in [0.1, 0.15) is 12.4 Å².